The maximum Gasteiger partial charge on any atom is 0.404 e. The Morgan fingerprint density at radius 1 is 1.30 bits per heavy atom. The number of primary amides is 1. The van der Waals surface area contributed by atoms with Crippen LogP contribution in [0.4, 0.5) is 16.2 Å². The first-order valence-electron chi connectivity index (χ1n) is 10.3. The van der Waals surface area contributed by atoms with Gasteiger partial charge in [-0.25, -0.2) is 4.79 Å². The number of rotatable bonds is 5. The molecule has 1 atom stereocenters. The van der Waals surface area contributed by atoms with Crippen molar-refractivity contribution in [3.05, 3.63) is 27.8 Å². The average molecular weight is 421 g/mol. The number of carbonyl (C=O) groups is 1. The summed E-state index contributed by atoms with van der Waals surface area (Å²) in [5.41, 5.74) is 6.24. The van der Waals surface area contributed by atoms with Gasteiger partial charge in [-0.3, -0.25) is 15.0 Å². The average Bonchev–Trinajstić information content (AvgIpc) is 2.92. The Balaban J connectivity index is 1.72. The molecule has 0 saturated carbocycles. The highest BCUT2D eigenvalue weighted by Gasteiger charge is 2.35. The van der Waals surface area contributed by atoms with Crippen LogP contribution in [0.1, 0.15) is 40.2 Å². The van der Waals surface area contributed by atoms with Crippen LogP contribution in [0.3, 0.4) is 0 Å². The molecule has 0 spiro atoms. The molecule has 1 unspecified atom stereocenters. The van der Waals surface area contributed by atoms with E-state index in [1.807, 2.05) is 45.6 Å². The monoisotopic (exact) mass is 420 g/mol. The molecule has 166 valence electrons. The zero-order chi connectivity index (χ0) is 22.3. The molecule has 0 aliphatic carbocycles. The van der Waals surface area contributed by atoms with Crippen molar-refractivity contribution >= 4 is 17.5 Å². The summed E-state index contributed by atoms with van der Waals surface area (Å²) in [6.07, 6.45) is -0.442. The zero-order valence-electron chi connectivity index (χ0n) is 18.4. The molecule has 9 heteroatoms. The van der Waals surface area contributed by atoms with Crippen molar-refractivity contribution in [2.45, 2.75) is 52.7 Å². The third-order valence-electron chi connectivity index (χ3n) is 5.72. The van der Waals surface area contributed by atoms with E-state index in [2.05, 4.69) is 4.90 Å². The zero-order valence-corrected chi connectivity index (χ0v) is 18.4. The van der Waals surface area contributed by atoms with Crippen molar-refractivity contribution in [2.75, 3.05) is 37.6 Å². The summed E-state index contributed by atoms with van der Waals surface area (Å²) in [5.74, 6) is 0.727. The quantitative estimate of drug-likeness (QED) is 0.576. The molecule has 2 N–H and O–H groups in total. The number of amides is 1. The fourth-order valence-corrected chi connectivity index (χ4v) is 4.06. The van der Waals surface area contributed by atoms with Crippen LogP contribution in [0.5, 0.6) is 5.75 Å². The van der Waals surface area contributed by atoms with Gasteiger partial charge in [-0.2, -0.15) is 0 Å². The smallest absolute Gasteiger partial charge is 0.404 e. The molecule has 0 aromatic heterocycles. The highest BCUT2D eigenvalue weighted by molar-refractivity contribution is 5.69. The molecule has 1 fully saturated rings. The highest BCUT2D eigenvalue weighted by atomic mass is 16.6. The fraction of sp³-hybridized carbons (Fsp3) is 0.667. The van der Waals surface area contributed by atoms with E-state index in [9.17, 15) is 14.9 Å². The van der Waals surface area contributed by atoms with E-state index in [0.29, 0.717) is 44.8 Å². The minimum atomic E-state index is -0.773. The van der Waals surface area contributed by atoms with Gasteiger partial charge in [0.15, 0.2) is 0 Å². The molecular formula is C21H32N4O5. The Morgan fingerprint density at radius 2 is 1.93 bits per heavy atom. The van der Waals surface area contributed by atoms with Crippen LogP contribution in [0, 0.1) is 15.5 Å². The maximum atomic E-state index is 11.7. The summed E-state index contributed by atoms with van der Waals surface area (Å²) in [4.78, 5) is 26.9. The van der Waals surface area contributed by atoms with E-state index in [0.717, 1.165) is 11.3 Å². The molecule has 2 aliphatic heterocycles. The standard InChI is InChI=1S/C21H32N4O5/c1-20(2,3)18(29-19(22)26)13-23-6-8-24(9-7-23)15-11-17-14(10-16(15)25(27)28)12-21(4,5)30-17/h10-11,18H,6-9,12-13H2,1-5H3,(H2,22,26). The molecule has 1 amide bonds. The van der Waals surface area contributed by atoms with Gasteiger partial charge in [-0.05, 0) is 13.8 Å². The van der Waals surface area contributed by atoms with Crippen LogP contribution < -0.4 is 15.4 Å². The van der Waals surface area contributed by atoms with Gasteiger partial charge in [0.05, 0.1) is 4.92 Å². The minimum absolute atomic E-state index is 0.119. The van der Waals surface area contributed by atoms with Crippen molar-refractivity contribution in [1.82, 2.24) is 4.90 Å². The lowest BCUT2D eigenvalue weighted by Gasteiger charge is -2.39. The first-order valence-corrected chi connectivity index (χ1v) is 10.3. The van der Waals surface area contributed by atoms with Crippen LogP contribution in [-0.2, 0) is 11.2 Å². The second-order valence-electron chi connectivity index (χ2n) is 9.82. The molecule has 0 bridgehead atoms. The lowest BCUT2D eigenvalue weighted by molar-refractivity contribution is -0.384. The Labute approximate surface area is 177 Å². The minimum Gasteiger partial charge on any atom is -0.487 e. The molecule has 2 heterocycles. The third kappa shape index (κ3) is 4.95. The lowest BCUT2D eigenvalue weighted by Crippen LogP contribution is -2.51. The van der Waals surface area contributed by atoms with E-state index < -0.39 is 6.09 Å². The van der Waals surface area contributed by atoms with Crippen LogP contribution in [0.2, 0.25) is 0 Å². The number of piperazine rings is 1. The highest BCUT2D eigenvalue weighted by Crippen LogP contribution is 2.42. The molecule has 3 rings (SSSR count). The topological polar surface area (TPSA) is 111 Å². The van der Waals surface area contributed by atoms with Gasteiger partial charge >= 0.3 is 6.09 Å². The van der Waals surface area contributed by atoms with E-state index in [1.54, 1.807) is 6.07 Å². The number of anilines is 1. The maximum absolute atomic E-state index is 11.7. The fourth-order valence-electron chi connectivity index (χ4n) is 4.06. The predicted octanol–water partition coefficient (Wildman–Crippen LogP) is 2.94. The summed E-state index contributed by atoms with van der Waals surface area (Å²) in [6, 6.07) is 3.47. The van der Waals surface area contributed by atoms with Gasteiger partial charge in [0.1, 0.15) is 23.1 Å². The summed E-state index contributed by atoms with van der Waals surface area (Å²) in [5, 5.41) is 11.7. The number of carbonyl (C=O) groups excluding carboxylic acids is 1. The Bertz CT molecular complexity index is 825. The first kappa shape index (κ1) is 22.1. The van der Waals surface area contributed by atoms with Gasteiger partial charge in [-0.1, -0.05) is 20.8 Å². The van der Waals surface area contributed by atoms with Crippen LogP contribution in [-0.4, -0.2) is 60.3 Å². The largest absolute Gasteiger partial charge is 0.487 e. The first-order chi connectivity index (χ1) is 13.9. The van der Waals surface area contributed by atoms with Crippen molar-refractivity contribution in [3.8, 4) is 5.75 Å². The van der Waals surface area contributed by atoms with Crippen molar-refractivity contribution in [1.29, 1.82) is 0 Å². The SMILES string of the molecule is CC1(C)Cc2cc([N+](=O)[O-])c(N3CCN(CC(OC(N)=O)C(C)(C)C)CC3)cc2O1. The van der Waals surface area contributed by atoms with Gasteiger partial charge in [0.25, 0.3) is 5.69 Å². The molecule has 0 radical (unpaired) electrons. The molecule has 30 heavy (non-hydrogen) atoms. The van der Waals surface area contributed by atoms with Gasteiger partial charge in [0, 0.05) is 62.3 Å². The Kier molecular flexibility index (Phi) is 5.86. The van der Waals surface area contributed by atoms with Gasteiger partial charge < -0.3 is 20.1 Å². The second-order valence-corrected chi connectivity index (χ2v) is 9.82. The number of benzene rings is 1. The van der Waals surface area contributed by atoms with Crippen LogP contribution >= 0.6 is 0 Å². The number of fused-ring (bicyclic) bond motifs is 1. The van der Waals surface area contributed by atoms with Crippen LogP contribution in [0.25, 0.3) is 0 Å². The third-order valence-corrected chi connectivity index (χ3v) is 5.72. The predicted molar refractivity (Wildman–Crippen MR) is 114 cm³/mol. The number of nitro groups is 1. The Morgan fingerprint density at radius 3 is 2.47 bits per heavy atom. The molecule has 1 aromatic carbocycles. The van der Waals surface area contributed by atoms with Gasteiger partial charge in [-0.15, -0.1) is 0 Å². The molecular weight excluding hydrogens is 388 g/mol. The van der Waals surface area contributed by atoms with Crippen LogP contribution in [0.15, 0.2) is 12.1 Å². The number of hydrogen-bond donors (Lipinski definition) is 1. The van der Waals surface area contributed by atoms with Crippen molar-refractivity contribution < 1.29 is 19.2 Å². The second kappa shape index (κ2) is 7.94. The van der Waals surface area contributed by atoms with Gasteiger partial charge in [0.2, 0.25) is 0 Å². The summed E-state index contributed by atoms with van der Waals surface area (Å²) < 4.78 is 11.3. The van der Waals surface area contributed by atoms with E-state index in [1.165, 1.54) is 0 Å². The normalized spacial score (nSPS) is 19.7. The molecule has 9 nitrogen and oxygen atoms in total. The lowest BCUT2D eigenvalue weighted by atomic mass is 9.88. The number of nitrogens with zero attached hydrogens (tertiary/aromatic N) is 3. The summed E-state index contributed by atoms with van der Waals surface area (Å²) >= 11 is 0. The number of nitrogens with two attached hydrogens (primary N) is 1. The molecule has 2 aliphatic rings. The molecule has 1 aromatic rings. The van der Waals surface area contributed by atoms with Crippen molar-refractivity contribution in [3.63, 3.8) is 0 Å². The van der Waals surface area contributed by atoms with E-state index in [-0.39, 0.29) is 27.7 Å². The van der Waals surface area contributed by atoms with Crippen molar-refractivity contribution in [2.24, 2.45) is 11.1 Å². The Hall–Kier alpha value is -2.55. The number of nitro benzene ring substituents is 1. The molecule has 1 saturated heterocycles. The number of ether oxygens (including phenoxy) is 2. The summed E-state index contributed by atoms with van der Waals surface area (Å²) in [6.45, 7) is 13.2. The van der Waals surface area contributed by atoms with E-state index >= 15 is 0 Å². The van der Waals surface area contributed by atoms with E-state index in [4.69, 9.17) is 15.2 Å². The number of hydrogen-bond acceptors (Lipinski definition) is 7. The summed E-state index contributed by atoms with van der Waals surface area (Å²) in [7, 11) is 0.